The van der Waals surface area contributed by atoms with Gasteiger partial charge < -0.3 is 19.3 Å². The van der Waals surface area contributed by atoms with E-state index in [9.17, 15) is 24.3 Å². The number of aliphatic hydroxyl groups is 1. The van der Waals surface area contributed by atoms with Crippen LogP contribution >= 0.6 is 0 Å². The Labute approximate surface area is 206 Å². The van der Waals surface area contributed by atoms with E-state index in [1.807, 2.05) is 6.92 Å². The number of aliphatic hydroxyl groups excluding tert-OH is 1. The van der Waals surface area contributed by atoms with E-state index < -0.39 is 41.6 Å². The molecule has 7 unspecified atom stereocenters. The van der Waals surface area contributed by atoms with Crippen LogP contribution < -0.4 is 0 Å². The van der Waals surface area contributed by atoms with Gasteiger partial charge in [0.1, 0.15) is 0 Å². The fourth-order valence-corrected chi connectivity index (χ4v) is 8.01. The minimum Gasteiger partial charge on any atom is -0.457 e. The van der Waals surface area contributed by atoms with E-state index in [-0.39, 0.29) is 48.4 Å². The van der Waals surface area contributed by atoms with Crippen LogP contribution in [0.15, 0.2) is 11.6 Å². The van der Waals surface area contributed by atoms with Crippen molar-refractivity contribution in [2.75, 3.05) is 13.2 Å². The van der Waals surface area contributed by atoms with Crippen molar-refractivity contribution in [1.82, 2.24) is 0 Å². The van der Waals surface area contributed by atoms with Crippen LogP contribution in [0.4, 0.5) is 4.79 Å². The quantitative estimate of drug-likeness (QED) is 0.557. The highest BCUT2D eigenvalue weighted by Crippen LogP contribution is 2.68. The van der Waals surface area contributed by atoms with Crippen molar-refractivity contribution in [2.45, 2.75) is 90.8 Å². The minimum absolute atomic E-state index is 0.0277. The number of esters is 1. The summed E-state index contributed by atoms with van der Waals surface area (Å²) in [4.78, 5) is 50.1. The number of carbonyl (C=O) groups excluding carboxylic acids is 4. The minimum atomic E-state index is -1.54. The SMILES string of the molecule is CCOC(=O)OC1(C(=O)COC(=O)CC)CCC2C3CCC4=CC(=O)CCC4(C)C3C(O)CC21C. The number of ketones is 2. The molecule has 0 spiro atoms. The number of carbonyl (C=O) groups is 4. The van der Waals surface area contributed by atoms with Crippen molar-refractivity contribution in [3.05, 3.63) is 11.6 Å². The molecule has 0 heterocycles. The zero-order valence-corrected chi connectivity index (χ0v) is 21.3. The lowest BCUT2D eigenvalue weighted by atomic mass is 9.45. The molecule has 194 valence electrons. The lowest BCUT2D eigenvalue weighted by Gasteiger charge is -2.60. The highest BCUT2D eigenvalue weighted by molar-refractivity contribution is 5.93. The Hall–Kier alpha value is -2.22. The van der Waals surface area contributed by atoms with Gasteiger partial charge in [-0.1, -0.05) is 26.3 Å². The Morgan fingerprint density at radius 3 is 2.51 bits per heavy atom. The molecule has 0 amide bonds. The van der Waals surface area contributed by atoms with Gasteiger partial charge in [0.2, 0.25) is 5.78 Å². The molecule has 35 heavy (non-hydrogen) atoms. The molecule has 3 saturated carbocycles. The number of hydrogen-bond donors (Lipinski definition) is 1. The molecule has 0 aromatic rings. The van der Waals surface area contributed by atoms with Crippen LogP contribution in [-0.2, 0) is 28.6 Å². The second-order valence-electron chi connectivity index (χ2n) is 11.2. The maximum Gasteiger partial charge on any atom is 0.509 e. The van der Waals surface area contributed by atoms with E-state index in [2.05, 4.69) is 6.92 Å². The van der Waals surface area contributed by atoms with E-state index in [0.29, 0.717) is 19.3 Å². The molecule has 0 saturated heterocycles. The number of Topliss-reactive ketones (excluding diaryl/α,β-unsaturated/α-hetero) is 1. The lowest BCUT2D eigenvalue weighted by Crippen LogP contribution is -2.63. The Kier molecular flexibility index (Phi) is 6.90. The molecule has 7 atom stereocenters. The molecule has 0 radical (unpaired) electrons. The first kappa shape index (κ1) is 25.9. The Morgan fingerprint density at radius 2 is 1.83 bits per heavy atom. The Morgan fingerprint density at radius 1 is 1.09 bits per heavy atom. The summed E-state index contributed by atoms with van der Waals surface area (Å²) in [6, 6.07) is 0. The Bertz CT molecular complexity index is 939. The maximum atomic E-state index is 13.6. The number of ether oxygens (including phenoxy) is 3. The van der Waals surface area contributed by atoms with Gasteiger partial charge in [0, 0.05) is 18.3 Å². The summed E-state index contributed by atoms with van der Waals surface area (Å²) in [6.45, 7) is 7.03. The molecule has 4 rings (SSSR count). The fourth-order valence-electron chi connectivity index (χ4n) is 8.01. The highest BCUT2D eigenvalue weighted by Gasteiger charge is 2.70. The van der Waals surface area contributed by atoms with Gasteiger partial charge in [-0.25, -0.2) is 4.79 Å². The van der Waals surface area contributed by atoms with Crippen molar-refractivity contribution < 1.29 is 38.5 Å². The maximum absolute atomic E-state index is 13.6. The van der Waals surface area contributed by atoms with Gasteiger partial charge in [-0.3, -0.25) is 14.4 Å². The molecule has 0 aliphatic heterocycles. The predicted octanol–water partition coefficient (Wildman–Crippen LogP) is 3.92. The van der Waals surface area contributed by atoms with E-state index in [0.717, 1.165) is 24.8 Å². The average molecular weight is 491 g/mol. The molecule has 4 aliphatic rings. The number of fused-ring (bicyclic) bond motifs is 5. The first-order valence-corrected chi connectivity index (χ1v) is 13.0. The fraction of sp³-hybridized carbons (Fsp3) is 0.778. The van der Waals surface area contributed by atoms with Crippen molar-refractivity contribution in [1.29, 1.82) is 0 Å². The monoisotopic (exact) mass is 490 g/mol. The summed E-state index contributed by atoms with van der Waals surface area (Å²) in [5.41, 5.74) is -1.50. The topological polar surface area (TPSA) is 116 Å². The van der Waals surface area contributed by atoms with E-state index in [1.165, 1.54) is 0 Å². The van der Waals surface area contributed by atoms with Gasteiger partial charge in [0.25, 0.3) is 0 Å². The van der Waals surface area contributed by atoms with Crippen LogP contribution in [0.3, 0.4) is 0 Å². The summed E-state index contributed by atoms with van der Waals surface area (Å²) in [5, 5.41) is 11.6. The normalized spacial score (nSPS) is 40.0. The smallest absolute Gasteiger partial charge is 0.457 e. The van der Waals surface area contributed by atoms with Crippen LogP contribution in [-0.4, -0.2) is 53.7 Å². The summed E-state index contributed by atoms with van der Waals surface area (Å²) in [7, 11) is 0. The number of hydrogen-bond acceptors (Lipinski definition) is 8. The van der Waals surface area contributed by atoms with E-state index in [4.69, 9.17) is 14.2 Å². The van der Waals surface area contributed by atoms with Gasteiger partial charge in [0.05, 0.1) is 12.7 Å². The van der Waals surface area contributed by atoms with Crippen molar-refractivity contribution in [2.24, 2.45) is 28.6 Å². The second-order valence-corrected chi connectivity index (χ2v) is 11.2. The zero-order chi connectivity index (χ0) is 25.6. The molecule has 0 bridgehead atoms. The number of rotatable bonds is 6. The van der Waals surface area contributed by atoms with Crippen LogP contribution in [0.1, 0.15) is 79.1 Å². The van der Waals surface area contributed by atoms with Gasteiger partial charge in [-0.2, -0.15) is 0 Å². The summed E-state index contributed by atoms with van der Waals surface area (Å²) >= 11 is 0. The molecule has 8 nitrogen and oxygen atoms in total. The summed E-state index contributed by atoms with van der Waals surface area (Å²) in [5.74, 6) is -0.681. The van der Waals surface area contributed by atoms with Crippen LogP contribution in [0.5, 0.6) is 0 Å². The van der Waals surface area contributed by atoms with Crippen molar-refractivity contribution in [3.63, 3.8) is 0 Å². The Balaban J connectivity index is 1.70. The van der Waals surface area contributed by atoms with Gasteiger partial charge in [0.15, 0.2) is 18.0 Å². The van der Waals surface area contributed by atoms with E-state index >= 15 is 0 Å². The molecule has 3 fully saturated rings. The largest absolute Gasteiger partial charge is 0.509 e. The molecular formula is C27H38O8. The molecule has 4 aliphatic carbocycles. The standard InChI is InChI=1S/C27H38O8/c1-5-22(31)34-15-21(30)27(35-24(32)33-6-2)12-10-19-18-8-7-16-13-17(28)9-11-25(16,3)23(18)20(29)14-26(19,27)4/h13,18-20,23,29H,5-12,14-15H2,1-4H3. The van der Waals surface area contributed by atoms with Gasteiger partial charge in [-0.15, -0.1) is 0 Å². The molecule has 8 heteroatoms. The summed E-state index contributed by atoms with van der Waals surface area (Å²) in [6.07, 6.45) is 4.31. The summed E-state index contributed by atoms with van der Waals surface area (Å²) < 4.78 is 16.1. The van der Waals surface area contributed by atoms with Gasteiger partial charge in [-0.05, 0) is 74.7 Å². The second kappa shape index (κ2) is 9.34. The third-order valence-corrected chi connectivity index (χ3v) is 9.64. The zero-order valence-electron chi connectivity index (χ0n) is 21.3. The molecular weight excluding hydrogens is 452 g/mol. The molecule has 0 aromatic carbocycles. The third-order valence-electron chi connectivity index (χ3n) is 9.64. The van der Waals surface area contributed by atoms with Crippen LogP contribution in [0.25, 0.3) is 0 Å². The first-order valence-electron chi connectivity index (χ1n) is 13.0. The molecule has 0 aromatic heterocycles. The van der Waals surface area contributed by atoms with Crippen molar-refractivity contribution >= 4 is 23.7 Å². The average Bonchev–Trinajstić information content (AvgIpc) is 3.09. The van der Waals surface area contributed by atoms with Crippen LogP contribution in [0, 0.1) is 28.6 Å². The highest BCUT2D eigenvalue weighted by atomic mass is 16.7. The molecule has 1 N–H and O–H groups in total. The van der Waals surface area contributed by atoms with Crippen molar-refractivity contribution in [3.8, 4) is 0 Å². The first-order chi connectivity index (χ1) is 16.5. The number of allylic oxidation sites excluding steroid dienone is 1. The van der Waals surface area contributed by atoms with E-state index in [1.54, 1.807) is 19.9 Å². The predicted molar refractivity (Wildman–Crippen MR) is 125 cm³/mol. The van der Waals surface area contributed by atoms with Gasteiger partial charge >= 0.3 is 12.1 Å². The third kappa shape index (κ3) is 4.02. The lowest BCUT2D eigenvalue weighted by molar-refractivity contribution is -0.188. The van der Waals surface area contributed by atoms with Crippen LogP contribution in [0.2, 0.25) is 0 Å².